The van der Waals surface area contributed by atoms with E-state index in [0.29, 0.717) is 24.3 Å². The van der Waals surface area contributed by atoms with Crippen molar-refractivity contribution in [2.45, 2.75) is 13.0 Å². The van der Waals surface area contributed by atoms with E-state index < -0.39 is 0 Å². The van der Waals surface area contributed by atoms with E-state index in [9.17, 15) is 4.79 Å². The molecule has 19 heavy (non-hydrogen) atoms. The van der Waals surface area contributed by atoms with Crippen molar-refractivity contribution in [3.05, 3.63) is 58.9 Å². The number of ether oxygens (including phenoxy) is 1. The molecule has 0 unspecified atom stereocenters. The first-order chi connectivity index (χ1) is 9.28. The van der Waals surface area contributed by atoms with Gasteiger partial charge in [-0.3, -0.25) is 9.78 Å². The summed E-state index contributed by atoms with van der Waals surface area (Å²) in [5, 5.41) is 0. The van der Waals surface area contributed by atoms with E-state index in [-0.39, 0.29) is 5.78 Å². The Hall–Kier alpha value is -2.20. The van der Waals surface area contributed by atoms with Crippen molar-refractivity contribution in [3.63, 3.8) is 0 Å². The molecule has 3 rings (SSSR count). The number of nitrogens with zero attached hydrogens (tertiary/aromatic N) is 1. The van der Waals surface area contributed by atoms with Crippen LogP contribution >= 0.6 is 0 Å². The summed E-state index contributed by atoms with van der Waals surface area (Å²) in [6, 6.07) is 9.03. The highest BCUT2D eigenvalue weighted by molar-refractivity contribution is 6.09. The van der Waals surface area contributed by atoms with Crippen LogP contribution in [0.4, 0.5) is 0 Å². The van der Waals surface area contributed by atoms with Gasteiger partial charge in [0.2, 0.25) is 0 Å². The molecule has 0 atom stereocenters. The van der Waals surface area contributed by atoms with Gasteiger partial charge in [-0.25, -0.2) is 0 Å². The van der Waals surface area contributed by atoms with Gasteiger partial charge < -0.3 is 10.5 Å². The van der Waals surface area contributed by atoms with Gasteiger partial charge in [-0.05, 0) is 35.9 Å². The Morgan fingerprint density at radius 2 is 2.11 bits per heavy atom. The third kappa shape index (κ3) is 2.22. The zero-order valence-electron chi connectivity index (χ0n) is 10.4. The van der Waals surface area contributed by atoms with Crippen LogP contribution in [0.5, 0.6) is 5.75 Å². The molecule has 0 saturated heterocycles. The van der Waals surface area contributed by atoms with Crippen LogP contribution in [-0.4, -0.2) is 17.4 Å². The topological polar surface area (TPSA) is 65.2 Å². The maximum Gasteiger partial charge on any atom is 0.193 e. The minimum atomic E-state index is -0.00759. The molecule has 1 aliphatic rings. The van der Waals surface area contributed by atoms with E-state index >= 15 is 0 Å². The van der Waals surface area contributed by atoms with E-state index in [2.05, 4.69) is 4.98 Å². The number of nitrogens with two attached hydrogens (primary N) is 1. The molecular formula is C15H14N2O2. The summed E-state index contributed by atoms with van der Waals surface area (Å²) in [7, 11) is 0. The molecule has 1 aliphatic heterocycles. The van der Waals surface area contributed by atoms with Crippen molar-refractivity contribution < 1.29 is 9.53 Å². The van der Waals surface area contributed by atoms with Gasteiger partial charge in [0.1, 0.15) is 5.75 Å². The fourth-order valence-corrected chi connectivity index (χ4v) is 2.23. The zero-order valence-corrected chi connectivity index (χ0v) is 10.4. The fraction of sp³-hybridized carbons (Fsp3) is 0.200. The number of carbonyl (C=O) groups excluding carboxylic acids is 1. The van der Waals surface area contributed by atoms with Crippen LogP contribution in [0.2, 0.25) is 0 Å². The molecule has 0 aliphatic carbocycles. The number of pyridine rings is 1. The molecule has 1 aromatic carbocycles. The van der Waals surface area contributed by atoms with E-state index in [1.54, 1.807) is 24.4 Å². The highest BCUT2D eigenvalue weighted by Crippen LogP contribution is 2.26. The number of rotatable bonds is 3. The van der Waals surface area contributed by atoms with E-state index in [1.165, 1.54) is 0 Å². The van der Waals surface area contributed by atoms with Crippen LogP contribution in [0.3, 0.4) is 0 Å². The lowest BCUT2D eigenvalue weighted by molar-refractivity contribution is 0.103. The molecule has 0 spiro atoms. The lowest BCUT2D eigenvalue weighted by Gasteiger charge is -2.05. The van der Waals surface area contributed by atoms with E-state index in [1.807, 2.05) is 12.1 Å². The molecule has 2 heterocycles. The standard InChI is InChI=1S/C15H14N2O2/c16-9-13-8-12(3-5-17-13)15(18)11-1-2-14-10(7-11)4-6-19-14/h1-3,5,7-8H,4,6,9,16H2. The van der Waals surface area contributed by atoms with Gasteiger partial charge in [0.25, 0.3) is 0 Å². The number of ketones is 1. The summed E-state index contributed by atoms with van der Waals surface area (Å²) in [4.78, 5) is 16.5. The Kier molecular flexibility index (Phi) is 3.01. The largest absolute Gasteiger partial charge is 0.493 e. The predicted molar refractivity (Wildman–Crippen MR) is 71.2 cm³/mol. The first-order valence-corrected chi connectivity index (χ1v) is 6.23. The minimum Gasteiger partial charge on any atom is -0.493 e. The second-order valence-corrected chi connectivity index (χ2v) is 4.49. The van der Waals surface area contributed by atoms with Crippen molar-refractivity contribution in [3.8, 4) is 5.75 Å². The second-order valence-electron chi connectivity index (χ2n) is 4.49. The molecule has 0 fully saturated rings. The summed E-state index contributed by atoms with van der Waals surface area (Å²) in [6.07, 6.45) is 2.48. The summed E-state index contributed by atoms with van der Waals surface area (Å²) in [6.45, 7) is 1.03. The van der Waals surface area contributed by atoms with Crippen molar-refractivity contribution >= 4 is 5.78 Å². The molecule has 2 N–H and O–H groups in total. The highest BCUT2D eigenvalue weighted by atomic mass is 16.5. The third-order valence-corrected chi connectivity index (χ3v) is 3.24. The highest BCUT2D eigenvalue weighted by Gasteiger charge is 2.16. The number of benzene rings is 1. The van der Waals surface area contributed by atoms with Gasteiger partial charge >= 0.3 is 0 Å². The van der Waals surface area contributed by atoms with Gasteiger partial charge in [0.15, 0.2) is 5.78 Å². The molecule has 4 nitrogen and oxygen atoms in total. The Balaban J connectivity index is 1.95. The zero-order chi connectivity index (χ0) is 13.2. The average Bonchev–Trinajstić information content (AvgIpc) is 2.94. The SMILES string of the molecule is NCc1cc(C(=O)c2ccc3c(c2)CCO3)ccn1. The van der Waals surface area contributed by atoms with Crippen LogP contribution in [0.25, 0.3) is 0 Å². The predicted octanol–water partition coefficient (Wildman–Crippen LogP) is 1.71. The molecule has 4 heteroatoms. The van der Waals surface area contributed by atoms with Gasteiger partial charge in [0.05, 0.1) is 12.3 Å². The lowest BCUT2D eigenvalue weighted by Crippen LogP contribution is -2.05. The first kappa shape index (κ1) is 11.9. The van der Waals surface area contributed by atoms with Crippen LogP contribution in [0, 0.1) is 0 Å². The maximum absolute atomic E-state index is 12.4. The number of aromatic nitrogens is 1. The van der Waals surface area contributed by atoms with Crippen molar-refractivity contribution in [2.24, 2.45) is 5.73 Å². The Morgan fingerprint density at radius 3 is 2.95 bits per heavy atom. The van der Waals surface area contributed by atoms with Gasteiger partial charge in [-0.2, -0.15) is 0 Å². The van der Waals surface area contributed by atoms with Gasteiger partial charge in [0, 0.05) is 30.3 Å². The molecular weight excluding hydrogens is 240 g/mol. The Labute approximate surface area is 111 Å². The molecule has 2 aromatic rings. The summed E-state index contributed by atoms with van der Waals surface area (Å²) < 4.78 is 5.44. The monoisotopic (exact) mass is 254 g/mol. The Bertz CT molecular complexity index is 638. The summed E-state index contributed by atoms with van der Waals surface area (Å²) in [5.74, 6) is 0.876. The maximum atomic E-state index is 12.4. The minimum absolute atomic E-state index is 0.00759. The average molecular weight is 254 g/mol. The van der Waals surface area contributed by atoms with Crippen LogP contribution in [-0.2, 0) is 13.0 Å². The van der Waals surface area contributed by atoms with Crippen molar-refractivity contribution in [1.82, 2.24) is 4.98 Å². The Morgan fingerprint density at radius 1 is 1.26 bits per heavy atom. The first-order valence-electron chi connectivity index (χ1n) is 6.23. The third-order valence-electron chi connectivity index (χ3n) is 3.24. The molecule has 0 radical (unpaired) electrons. The van der Waals surface area contributed by atoms with Gasteiger partial charge in [-0.1, -0.05) is 0 Å². The van der Waals surface area contributed by atoms with Crippen LogP contribution in [0.1, 0.15) is 27.2 Å². The number of hydrogen-bond donors (Lipinski definition) is 1. The number of fused-ring (bicyclic) bond motifs is 1. The van der Waals surface area contributed by atoms with Crippen LogP contribution < -0.4 is 10.5 Å². The molecule has 96 valence electrons. The lowest BCUT2D eigenvalue weighted by atomic mass is 10.0. The van der Waals surface area contributed by atoms with Gasteiger partial charge in [-0.15, -0.1) is 0 Å². The molecule has 1 aromatic heterocycles. The smallest absolute Gasteiger partial charge is 0.193 e. The fourth-order valence-electron chi connectivity index (χ4n) is 2.23. The number of hydrogen-bond acceptors (Lipinski definition) is 4. The second kappa shape index (κ2) is 4.82. The molecule has 0 saturated carbocycles. The number of carbonyl (C=O) groups is 1. The quantitative estimate of drug-likeness (QED) is 0.847. The van der Waals surface area contributed by atoms with Crippen molar-refractivity contribution in [1.29, 1.82) is 0 Å². The van der Waals surface area contributed by atoms with E-state index in [4.69, 9.17) is 10.5 Å². The van der Waals surface area contributed by atoms with E-state index in [0.717, 1.165) is 23.4 Å². The normalized spacial score (nSPS) is 12.9. The van der Waals surface area contributed by atoms with Crippen molar-refractivity contribution in [2.75, 3.05) is 6.61 Å². The van der Waals surface area contributed by atoms with Crippen LogP contribution in [0.15, 0.2) is 36.5 Å². The molecule has 0 amide bonds. The molecule has 0 bridgehead atoms. The summed E-state index contributed by atoms with van der Waals surface area (Å²) in [5.41, 5.74) is 8.65. The summed E-state index contributed by atoms with van der Waals surface area (Å²) >= 11 is 0.